The quantitative estimate of drug-likeness (QED) is 0.809. The van der Waals surface area contributed by atoms with Crippen LogP contribution in [-0.2, 0) is 22.3 Å². The molecular formula is C17H18F3N3O3. The standard InChI is InChI=1S/C17H18F3N3O3/c1-2-23(15(24)13-4-3-9-25-13)10-11-5-7-12(8-6-11)14-21-16(26-22-14)17(18,19)20/h5-8,13H,2-4,9-10H2,1H3. The van der Waals surface area contributed by atoms with Crippen LogP contribution in [0.2, 0.25) is 0 Å². The van der Waals surface area contributed by atoms with Gasteiger partial charge in [0, 0.05) is 25.3 Å². The molecule has 1 amide bonds. The van der Waals surface area contributed by atoms with E-state index in [1.807, 2.05) is 6.92 Å². The summed E-state index contributed by atoms with van der Waals surface area (Å²) in [6, 6.07) is 6.66. The van der Waals surface area contributed by atoms with Crippen molar-refractivity contribution < 1.29 is 27.2 Å². The number of amides is 1. The van der Waals surface area contributed by atoms with Crippen LogP contribution in [0.5, 0.6) is 0 Å². The Kier molecular flexibility index (Phi) is 5.26. The first-order valence-electron chi connectivity index (χ1n) is 8.29. The Morgan fingerprint density at radius 3 is 2.58 bits per heavy atom. The third-order valence-electron chi connectivity index (χ3n) is 4.15. The summed E-state index contributed by atoms with van der Waals surface area (Å²) < 4.78 is 47.2. The van der Waals surface area contributed by atoms with E-state index in [2.05, 4.69) is 14.7 Å². The third-order valence-corrected chi connectivity index (χ3v) is 4.15. The first-order valence-corrected chi connectivity index (χ1v) is 8.29. The van der Waals surface area contributed by atoms with Crippen molar-refractivity contribution in [3.8, 4) is 11.4 Å². The number of carbonyl (C=O) groups excluding carboxylic acids is 1. The molecule has 6 nitrogen and oxygen atoms in total. The van der Waals surface area contributed by atoms with Gasteiger partial charge in [-0.1, -0.05) is 29.4 Å². The summed E-state index contributed by atoms with van der Waals surface area (Å²) in [6.45, 7) is 3.43. The molecule has 2 heterocycles. The number of rotatable bonds is 5. The molecule has 0 aliphatic carbocycles. The lowest BCUT2D eigenvalue weighted by atomic mass is 10.1. The van der Waals surface area contributed by atoms with Gasteiger partial charge in [-0.05, 0) is 25.3 Å². The molecule has 1 aromatic carbocycles. The van der Waals surface area contributed by atoms with Gasteiger partial charge in [0.05, 0.1) is 0 Å². The van der Waals surface area contributed by atoms with Gasteiger partial charge in [-0.15, -0.1) is 0 Å². The predicted octanol–water partition coefficient (Wildman–Crippen LogP) is 3.28. The second-order valence-corrected chi connectivity index (χ2v) is 5.97. The van der Waals surface area contributed by atoms with Gasteiger partial charge in [0.1, 0.15) is 6.10 Å². The van der Waals surface area contributed by atoms with Crippen molar-refractivity contribution >= 4 is 5.91 Å². The Labute approximate surface area is 147 Å². The third kappa shape index (κ3) is 4.04. The molecule has 1 fully saturated rings. The van der Waals surface area contributed by atoms with E-state index >= 15 is 0 Å². The van der Waals surface area contributed by atoms with Crippen LogP contribution in [-0.4, -0.2) is 40.2 Å². The van der Waals surface area contributed by atoms with E-state index < -0.39 is 12.1 Å². The minimum absolute atomic E-state index is 0.0398. The molecule has 0 spiro atoms. The molecule has 140 valence electrons. The van der Waals surface area contributed by atoms with Gasteiger partial charge in [-0.25, -0.2) is 0 Å². The normalized spacial score (nSPS) is 17.5. The highest BCUT2D eigenvalue weighted by atomic mass is 19.4. The SMILES string of the molecule is CCN(Cc1ccc(-c2noc(C(F)(F)F)n2)cc1)C(=O)C1CCCO1. The van der Waals surface area contributed by atoms with Crippen molar-refractivity contribution in [3.63, 3.8) is 0 Å². The van der Waals surface area contributed by atoms with Crippen LogP contribution in [0.15, 0.2) is 28.8 Å². The Bertz CT molecular complexity index is 753. The second kappa shape index (κ2) is 7.45. The van der Waals surface area contributed by atoms with E-state index in [9.17, 15) is 18.0 Å². The van der Waals surface area contributed by atoms with Crippen LogP contribution in [0.4, 0.5) is 13.2 Å². The number of carbonyl (C=O) groups is 1. The Morgan fingerprint density at radius 2 is 2.04 bits per heavy atom. The minimum Gasteiger partial charge on any atom is -0.368 e. The molecule has 0 N–H and O–H groups in total. The van der Waals surface area contributed by atoms with E-state index in [1.165, 1.54) is 0 Å². The molecular weight excluding hydrogens is 351 g/mol. The fourth-order valence-corrected chi connectivity index (χ4v) is 2.76. The molecule has 9 heteroatoms. The number of aromatic nitrogens is 2. The monoisotopic (exact) mass is 369 g/mol. The first kappa shape index (κ1) is 18.4. The highest BCUT2D eigenvalue weighted by Crippen LogP contribution is 2.29. The van der Waals surface area contributed by atoms with Gasteiger partial charge in [-0.2, -0.15) is 18.2 Å². The molecule has 1 aliphatic rings. The lowest BCUT2D eigenvalue weighted by molar-refractivity contribution is -0.159. The van der Waals surface area contributed by atoms with Crippen LogP contribution in [0, 0.1) is 0 Å². The summed E-state index contributed by atoms with van der Waals surface area (Å²) in [5.41, 5.74) is 1.25. The molecule has 1 aliphatic heterocycles. The maximum atomic E-state index is 12.5. The molecule has 0 bridgehead atoms. The number of benzene rings is 1. The van der Waals surface area contributed by atoms with Crippen molar-refractivity contribution in [1.82, 2.24) is 15.0 Å². The van der Waals surface area contributed by atoms with E-state index in [1.54, 1.807) is 29.2 Å². The number of likely N-dealkylation sites (N-methyl/N-ethyl adjacent to an activating group) is 1. The van der Waals surface area contributed by atoms with Gasteiger partial charge in [0.15, 0.2) is 0 Å². The highest BCUT2D eigenvalue weighted by Gasteiger charge is 2.38. The van der Waals surface area contributed by atoms with Crippen molar-refractivity contribution in [1.29, 1.82) is 0 Å². The van der Waals surface area contributed by atoms with Crippen molar-refractivity contribution in [2.45, 2.75) is 38.6 Å². The summed E-state index contributed by atoms with van der Waals surface area (Å²) in [5, 5.41) is 3.35. The van der Waals surface area contributed by atoms with Crippen LogP contribution in [0.25, 0.3) is 11.4 Å². The Balaban J connectivity index is 1.68. The first-order chi connectivity index (χ1) is 12.4. The molecule has 1 aromatic heterocycles. The molecule has 0 radical (unpaired) electrons. The highest BCUT2D eigenvalue weighted by molar-refractivity contribution is 5.81. The average molecular weight is 369 g/mol. The van der Waals surface area contributed by atoms with Crippen molar-refractivity contribution in [2.24, 2.45) is 0 Å². The maximum Gasteiger partial charge on any atom is 0.471 e. The lowest BCUT2D eigenvalue weighted by Crippen LogP contribution is -2.38. The fourth-order valence-electron chi connectivity index (χ4n) is 2.76. The molecule has 1 saturated heterocycles. The number of nitrogens with zero attached hydrogens (tertiary/aromatic N) is 3. The number of ether oxygens (including phenoxy) is 1. The van der Waals surface area contributed by atoms with Gasteiger partial charge in [0.25, 0.3) is 5.91 Å². The van der Waals surface area contributed by atoms with Crippen LogP contribution >= 0.6 is 0 Å². The molecule has 3 rings (SSSR count). The molecule has 2 aromatic rings. The van der Waals surface area contributed by atoms with Gasteiger partial charge in [-0.3, -0.25) is 4.79 Å². The molecule has 0 saturated carbocycles. The fraction of sp³-hybridized carbons (Fsp3) is 0.471. The van der Waals surface area contributed by atoms with E-state index in [0.717, 1.165) is 18.4 Å². The van der Waals surface area contributed by atoms with Crippen LogP contribution in [0.1, 0.15) is 31.2 Å². The smallest absolute Gasteiger partial charge is 0.368 e. The number of hydrogen-bond acceptors (Lipinski definition) is 5. The van der Waals surface area contributed by atoms with Crippen LogP contribution in [0.3, 0.4) is 0 Å². The summed E-state index contributed by atoms with van der Waals surface area (Å²) in [6.07, 6.45) is -3.44. The number of hydrogen-bond donors (Lipinski definition) is 0. The van der Waals surface area contributed by atoms with E-state index in [0.29, 0.717) is 25.3 Å². The summed E-state index contributed by atoms with van der Waals surface area (Å²) in [7, 11) is 0. The van der Waals surface area contributed by atoms with Gasteiger partial charge >= 0.3 is 12.1 Å². The Hall–Kier alpha value is -2.42. The number of halogens is 3. The largest absolute Gasteiger partial charge is 0.471 e. The van der Waals surface area contributed by atoms with Crippen molar-refractivity contribution in [2.75, 3.05) is 13.2 Å². The summed E-state index contributed by atoms with van der Waals surface area (Å²) >= 11 is 0. The van der Waals surface area contributed by atoms with E-state index in [-0.39, 0.29) is 17.8 Å². The van der Waals surface area contributed by atoms with Crippen molar-refractivity contribution in [3.05, 3.63) is 35.7 Å². The topological polar surface area (TPSA) is 68.5 Å². The van der Waals surface area contributed by atoms with Gasteiger partial charge < -0.3 is 14.2 Å². The Morgan fingerprint density at radius 1 is 1.31 bits per heavy atom. The minimum atomic E-state index is -4.67. The average Bonchev–Trinajstić information content (AvgIpc) is 3.30. The predicted molar refractivity (Wildman–Crippen MR) is 84.8 cm³/mol. The summed E-state index contributed by atoms with van der Waals surface area (Å²) in [5.74, 6) is -1.55. The summed E-state index contributed by atoms with van der Waals surface area (Å²) in [4.78, 5) is 17.5. The van der Waals surface area contributed by atoms with Crippen LogP contribution < -0.4 is 0 Å². The zero-order valence-electron chi connectivity index (χ0n) is 14.1. The van der Waals surface area contributed by atoms with Gasteiger partial charge in [0.2, 0.25) is 5.82 Å². The zero-order chi connectivity index (χ0) is 18.7. The zero-order valence-corrected chi connectivity index (χ0v) is 14.1. The molecule has 1 unspecified atom stereocenters. The maximum absolute atomic E-state index is 12.5. The second-order valence-electron chi connectivity index (χ2n) is 5.97. The molecule has 1 atom stereocenters. The lowest BCUT2D eigenvalue weighted by Gasteiger charge is -2.24. The van der Waals surface area contributed by atoms with E-state index in [4.69, 9.17) is 4.74 Å². The number of alkyl halides is 3. The molecule has 26 heavy (non-hydrogen) atoms.